The Labute approximate surface area is 227 Å². The summed E-state index contributed by atoms with van der Waals surface area (Å²) >= 11 is 0. The maximum absolute atomic E-state index is 14.3. The van der Waals surface area contributed by atoms with Crippen LogP contribution in [-0.4, -0.2) is 84.9 Å². The fraction of sp³-hybridized carbons (Fsp3) is 0.700. The van der Waals surface area contributed by atoms with E-state index < -0.39 is 12.1 Å². The van der Waals surface area contributed by atoms with Gasteiger partial charge in [0, 0.05) is 31.6 Å². The van der Waals surface area contributed by atoms with Crippen molar-refractivity contribution in [2.45, 2.75) is 94.8 Å². The summed E-state index contributed by atoms with van der Waals surface area (Å²) in [5.74, 6) is 0.137. The highest BCUT2D eigenvalue weighted by molar-refractivity contribution is 5.93. The van der Waals surface area contributed by atoms with Crippen molar-refractivity contribution in [3.8, 4) is 0 Å². The van der Waals surface area contributed by atoms with Crippen LogP contribution in [0.1, 0.15) is 75.3 Å². The molecule has 2 aliphatic heterocycles. The third-order valence-corrected chi connectivity index (χ3v) is 9.57. The monoisotopic (exact) mass is 523 g/mol. The number of likely N-dealkylation sites (N-methyl/N-ethyl adjacent to an activating group) is 1. The molecule has 1 aromatic rings. The number of piperazine rings is 1. The van der Waals surface area contributed by atoms with Crippen LogP contribution in [0.4, 0.5) is 0 Å². The first-order valence-electron chi connectivity index (χ1n) is 14.8. The number of fused-ring (bicyclic) bond motifs is 2. The summed E-state index contributed by atoms with van der Waals surface area (Å²) in [7, 11) is 1.75. The highest BCUT2D eigenvalue weighted by Crippen LogP contribution is 2.33. The number of nitrogens with one attached hydrogen (secondary N) is 3. The molecule has 1 aromatic carbocycles. The molecule has 2 aliphatic carbocycles. The Balaban J connectivity index is 1.33. The van der Waals surface area contributed by atoms with E-state index in [1.165, 1.54) is 17.5 Å². The van der Waals surface area contributed by atoms with Gasteiger partial charge in [-0.25, -0.2) is 0 Å². The Morgan fingerprint density at radius 3 is 2.58 bits per heavy atom. The summed E-state index contributed by atoms with van der Waals surface area (Å²) in [4.78, 5) is 45.1. The van der Waals surface area contributed by atoms with Crippen LogP contribution in [0.25, 0.3) is 0 Å². The number of aryl methyl sites for hydroxylation is 1. The zero-order valence-corrected chi connectivity index (χ0v) is 23.1. The first kappa shape index (κ1) is 27.1. The maximum atomic E-state index is 14.3. The molecule has 38 heavy (non-hydrogen) atoms. The van der Waals surface area contributed by atoms with E-state index in [1.54, 1.807) is 7.05 Å². The highest BCUT2D eigenvalue weighted by Gasteiger charge is 2.45. The van der Waals surface area contributed by atoms with Gasteiger partial charge >= 0.3 is 0 Å². The Kier molecular flexibility index (Phi) is 8.68. The van der Waals surface area contributed by atoms with Gasteiger partial charge in [0.2, 0.25) is 17.7 Å². The van der Waals surface area contributed by atoms with Crippen LogP contribution in [0.15, 0.2) is 24.3 Å². The molecule has 2 heterocycles. The molecule has 3 N–H and O–H groups in total. The van der Waals surface area contributed by atoms with Gasteiger partial charge in [-0.3, -0.25) is 19.3 Å². The Morgan fingerprint density at radius 1 is 1.00 bits per heavy atom. The lowest BCUT2D eigenvalue weighted by molar-refractivity contribution is -0.149. The molecule has 2 saturated heterocycles. The van der Waals surface area contributed by atoms with Gasteiger partial charge in [-0.2, -0.15) is 0 Å². The standard InChI is InChI=1S/C30H45N5O3/c1-20(31-2)28(36)33-27(22-10-4-3-5-11-22)30(38)35-18-24-12-8-16-34(24)19-26(35)29(37)32-17-23-15-14-21-9-6-7-13-25(21)23/h6-7,9,13,20,22-24,26-27,31H,3-5,8,10-12,14-19H2,1-2H3,(H,32,37)(H,33,36). The fourth-order valence-electron chi connectivity index (χ4n) is 7.12. The van der Waals surface area contributed by atoms with Crippen molar-refractivity contribution in [2.24, 2.45) is 5.92 Å². The predicted octanol–water partition coefficient (Wildman–Crippen LogP) is 2.18. The van der Waals surface area contributed by atoms with Crippen LogP contribution in [-0.2, 0) is 20.8 Å². The summed E-state index contributed by atoms with van der Waals surface area (Å²) in [6.07, 6.45) is 9.45. The van der Waals surface area contributed by atoms with Gasteiger partial charge in [0.15, 0.2) is 0 Å². The zero-order chi connectivity index (χ0) is 26.6. The summed E-state index contributed by atoms with van der Waals surface area (Å²) < 4.78 is 0. The number of carbonyl (C=O) groups excluding carboxylic acids is 3. The van der Waals surface area contributed by atoms with Crippen molar-refractivity contribution in [2.75, 3.05) is 33.2 Å². The van der Waals surface area contributed by atoms with Crippen LogP contribution in [0.2, 0.25) is 0 Å². The topological polar surface area (TPSA) is 93.8 Å². The first-order valence-corrected chi connectivity index (χ1v) is 14.8. The molecule has 0 radical (unpaired) electrons. The van der Waals surface area contributed by atoms with E-state index in [0.717, 1.165) is 57.9 Å². The normalized spacial score (nSPS) is 27.3. The predicted molar refractivity (Wildman–Crippen MR) is 148 cm³/mol. The smallest absolute Gasteiger partial charge is 0.246 e. The Bertz CT molecular complexity index is 1010. The van der Waals surface area contributed by atoms with Crippen molar-refractivity contribution in [3.63, 3.8) is 0 Å². The van der Waals surface area contributed by atoms with E-state index in [0.29, 0.717) is 31.6 Å². The van der Waals surface area contributed by atoms with Gasteiger partial charge < -0.3 is 20.9 Å². The summed E-state index contributed by atoms with van der Waals surface area (Å²) in [5, 5.41) is 9.32. The van der Waals surface area contributed by atoms with Gasteiger partial charge in [0.25, 0.3) is 0 Å². The molecule has 0 bridgehead atoms. The molecule has 0 aromatic heterocycles. The van der Waals surface area contributed by atoms with E-state index in [-0.39, 0.29) is 29.7 Å². The van der Waals surface area contributed by atoms with E-state index in [2.05, 4.69) is 45.1 Å². The van der Waals surface area contributed by atoms with E-state index >= 15 is 0 Å². The van der Waals surface area contributed by atoms with Crippen LogP contribution >= 0.6 is 0 Å². The fourth-order valence-corrected chi connectivity index (χ4v) is 7.12. The van der Waals surface area contributed by atoms with Gasteiger partial charge in [-0.15, -0.1) is 0 Å². The van der Waals surface area contributed by atoms with Crippen LogP contribution in [0.3, 0.4) is 0 Å². The van der Waals surface area contributed by atoms with Gasteiger partial charge in [-0.1, -0.05) is 43.5 Å². The molecule has 5 atom stereocenters. The van der Waals surface area contributed by atoms with E-state index in [4.69, 9.17) is 0 Å². The molecular formula is C30H45N5O3. The molecule has 3 amide bonds. The lowest BCUT2D eigenvalue weighted by Gasteiger charge is -2.45. The van der Waals surface area contributed by atoms with E-state index in [1.807, 2.05) is 11.8 Å². The molecule has 5 unspecified atom stereocenters. The summed E-state index contributed by atoms with van der Waals surface area (Å²) in [6, 6.07) is 7.31. The number of hydrogen-bond acceptors (Lipinski definition) is 5. The molecule has 208 valence electrons. The van der Waals surface area contributed by atoms with Gasteiger partial charge in [0.05, 0.1) is 6.04 Å². The molecule has 5 rings (SSSR count). The second-order valence-corrected chi connectivity index (χ2v) is 11.9. The number of hydrogen-bond donors (Lipinski definition) is 3. The maximum Gasteiger partial charge on any atom is 0.246 e. The van der Waals surface area contributed by atoms with Crippen molar-refractivity contribution < 1.29 is 14.4 Å². The van der Waals surface area contributed by atoms with Crippen molar-refractivity contribution >= 4 is 17.7 Å². The third-order valence-electron chi connectivity index (χ3n) is 9.57. The van der Waals surface area contributed by atoms with Crippen molar-refractivity contribution in [1.29, 1.82) is 0 Å². The third kappa shape index (κ3) is 5.76. The second kappa shape index (κ2) is 12.2. The number of benzene rings is 1. The number of amides is 3. The molecule has 8 nitrogen and oxygen atoms in total. The Morgan fingerprint density at radius 2 is 1.79 bits per heavy atom. The van der Waals surface area contributed by atoms with E-state index in [9.17, 15) is 14.4 Å². The number of nitrogens with zero attached hydrogens (tertiary/aromatic N) is 2. The molecular weight excluding hydrogens is 478 g/mol. The SMILES string of the molecule is CNC(C)C(=O)NC(C(=O)N1CC2CCCN2CC1C(=O)NCC1CCc2ccccc21)C1CCCCC1. The lowest BCUT2D eigenvalue weighted by Crippen LogP contribution is -2.66. The number of carbonyl (C=O) groups is 3. The largest absolute Gasteiger partial charge is 0.354 e. The molecule has 0 spiro atoms. The van der Waals surface area contributed by atoms with Crippen LogP contribution in [0.5, 0.6) is 0 Å². The van der Waals surface area contributed by atoms with Crippen molar-refractivity contribution in [1.82, 2.24) is 25.8 Å². The average molecular weight is 524 g/mol. The van der Waals surface area contributed by atoms with Crippen LogP contribution < -0.4 is 16.0 Å². The highest BCUT2D eigenvalue weighted by atomic mass is 16.2. The lowest BCUT2D eigenvalue weighted by atomic mass is 9.82. The van der Waals surface area contributed by atoms with Gasteiger partial charge in [0.1, 0.15) is 12.1 Å². The number of rotatable bonds is 8. The Hall–Kier alpha value is -2.45. The summed E-state index contributed by atoms with van der Waals surface area (Å²) in [6.45, 7) is 4.52. The first-order chi connectivity index (χ1) is 18.5. The van der Waals surface area contributed by atoms with Crippen molar-refractivity contribution in [3.05, 3.63) is 35.4 Å². The minimum absolute atomic E-state index is 0.0644. The second-order valence-electron chi connectivity index (χ2n) is 11.9. The molecule has 8 heteroatoms. The van der Waals surface area contributed by atoms with Gasteiger partial charge in [-0.05, 0) is 76.1 Å². The zero-order valence-electron chi connectivity index (χ0n) is 23.1. The van der Waals surface area contributed by atoms with Crippen LogP contribution in [0, 0.1) is 5.92 Å². The molecule has 1 saturated carbocycles. The molecule has 3 fully saturated rings. The quantitative estimate of drug-likeness (QED) is 0.486. The average Bonchev–Trinajstić information content (AvgIpc) is 3.60. The summed E-state index contributed by atoms with van der Waals surface area (Å²) in [5.41, 5.74) is 2.71. The minimum atomic E-state index is -0.580. The molecule has 4 aliphatic rings. The minimum Gasteiger partial charge on any atom is -0.354 e.